The summed E-state index contributed by atoms with van der Waals surface area (Å²) in [6, 6.07) is 10.6. The number of anilines is 1. The van der Waals surface area contributed by atoms with E-state index in [1.54, 1.807) is 0 Å². The first-order valence-electron chi connectivity index (χ1n) is 8.84. The highest BCUT2D eigenvalue weighted by molar-refractivity contribution is 7.90. The number of halogens is 1. The van der Waals surface area contributed by atoms with Crippen LogP contribution >= 0.6 is 0 Å². The van der Waals surface area contributed by atoms with Crippen molar-refractivity contribution in [3.8, 4) is 0 Å². The molecule has 0 bridgehead atoms. The van der Waals surface area contributed by atoms with E-state index in [2.05, 4.69) is 5.32 Å². The summed E-state index contributed by atoms with van der Waals surface area (Å²) in [6.07, 6.45) is 0. The van der Waals surface area contributed by atoms with E-state index in [4.69, 9.17) is 0 Å². The summed E-state index contributed by atoms with van der Waals surface area (Å²) < 4.78 is 40.5. The molecule has 0 aliphatic rings. The molecule has 6 nitrogen and oxygen atoms in total. The third-order valence-corrected chi connectivity index (χ3v) is 6.37. The largest absolute Gasteiger partial charge is 0.348 e. The minimum absolute atomic E-state index is 0.212. The first-order valence-corrected chi connectivity index (χ1v) is 10.2. The number of carbonyl (C=O) groups excluding carboxylic acids is 1. The van der Waals surface area contributed by atoms with Gasteiger partial charge in [-0.1, -0.05) is 18.2 Å². The Labute approximate surface area is 166 Å². The van der Waals surface area contributed by atoms with Gasteiger partial charge < -0.3 is 5.32 Å². The van der Waals surface area contributed by atoms with Gasteiger partial charge in [-0.25, -0.2) is 8.70 Å². The van der Waals surface area contributed by atoms with Crippen LogP contribution in [0.25, 0.3) is 0 Å². The Bertz CT molecular complexity index is 944. The van der Waals surface area contributed by atoms with Gasteiger partial charge in [0.15, 0.2) is 0 Å². The van der Waals surface area contributed by atoms with Gasteiger partial charge >= 0.3 is 10.2 Å². The molecule has 0 saturated heterocycles. The van der Waals surface area contributed by atoms with Gasteiger partial charge in [-0.05, 0) is 61.7 Å². The summed E-state index contributed by atoms with van der Waals surface area (Å²) in [7, 11) is -1.18. The molecule has 1 N–H and O–H groups in total. The van der Waals surface area contributed by atoms with Crippen molar-refractivity contribution in [3.05, 3.63) is 65.0 Å². The van der Waals surface area contributed by atoms with Gasteiger partial charge in [0.25, 0.3) is 0 Å². The molecule has 8 heteroatoms. The second-order valence-corrected chi connectivity index (χ2v) is 8.97. The van der Waals surface area contributed by atoms with E-state index in [9.17, 15) is 17.6 Å². The zero-order valence-corrected chi connectivity index (χ0v) is 17.5. The lowest BCUT2D eigenvalue weighted by Crippen LogP contribution is -2.46. The molecule has 152 valence electrons. The van der Waals surface area contributed by atoms with Crippen LogP contribution in [0, 0.1) is 19.7 Å². The van der Waals surface area contributed by atoms with E-state index < -0.39 is 28.5 Å². The molecular formula is C20H26FN3O3S. The summed E-state index contributed by atoms with van der Waals surface area (Å²) in [5.41, 5.74) is 3.41. The molecule has 1 atom stereocenters. The fraction of sp³-hybridized carbons (Fsp3) is 0.350. The summed E-state index contributed by atoms with van der Waals surface area (Å²) in [5, 5.41) is 2.83. The lowest BCUT2D eigenvalue weighted by Gasteiger charge is -2.27. The van der Waals surface area contributed by atoms with Crippen LogP contribution in [0.4, 0.5) is 10.1 Å². The molecule has 0 aliphatic heterocycles. The minimum Gasteiger partial charge on any atom is -0.348 e. The summed E-state index contributed by atoms with van der Waals surface area (Å²) >= 11 is 0. The molecule has 1 unspecified atom stereocenters. The molecule has 28 heavy (non-hydrogen) atoms. The number of rotatable bonds is 7. The Hall–Kier alpha value is -2.45. The van der Waals surface area contributed by atoms with E-state index in [1.807, 2.05) is 39.0 Å². The van der Waals surface area contributed by atoms with E-state index in [0.717, 1.165) is 37.4 Å². The van der Waals surface area contributed by atoms with Gasteiger partial charge in [-0.3, -0.25) is 4.79 Å². The predicted molar refractivity (Wildman–Crippen MR) is 109 cm³/mol. The molecular weight excluding hydrogens is 381 g/mol. The highest BCUT2D eigenvalue weighted by Crippen LogP contribution is 2.21. The SMILES string of the molecule is Cc1ccc(C(C)NC(=O)CN(c2ccc(F)cc2)S(=O)(=O)N(C)C)cc1C. The van der Waals surface area contributed by atoms with E-state index in [1.165, 1.54) is 26.2 Å². The Morgan fingerprint density at radius 2 is 1.68 bits per heavy atom. The van der Waals surface area contributed by atoms with Crippen molar-refractivity contribution >= 4 is 21.8 Å². The van der Waals surface area contributed by atoms with Crippen LogP contribution in [-0.2, 0) is 15.0 Å². The van der Waals surface area contributed by atoms with Crippen LogP contribution in [0.2, 0.25) is 0 Å². The second-order valence-electron chi connectivity index (χ2n) is 6.91. The number of carbonyl (C=O) groups is 1. The smallest absolute Gasteiger partial charge is 0.304 e. The minimum atomic E-state index is -3.93. The zero-order valence-electron chi connectivity index (χ0n) is 16.7. The van der Waals surface area contributed by atoms with Crippen molar-refractivity contribution in [2.45, 2.75) is 26.8 Å². The molecule has 0 aromatic heterocycles. The van der Waals surface area contributed by atoms with E-state index >= 15 is 0 Å². The highest BCUT2D eigenvalue weighted by Gasteiger charge is 2.27. The molecule has 0 radical (unpaired) electrons. The first kappa shape index (κ1) is 21.8. The maximum atomic E-state index is 13.2. The van der Waals surface area contributed by atoms with Crippen molar-refractivity contribution in [2.24, 2.45) is 0 Å². The fourth-order valence-corrected chi connectivity index (χ4v) is 3.71. The van der Waals surface area contributed by atoms with Crippen LogP contribution in [0.1, 0.15) is 29.7 Å². The molecule has 0 saturated carbocycles. The number of nitrogens with zero attached hydrogens (tertiary/aromatic N) is 2. The van der Waals surface area contributed by atoms with Crippen LogP contribution < -0.4 is 9.62 Å². The molecule has 0 fully saturated rings. The van der Waals surface area contributed by atoms with Gasteiger partial charge in [-0.2, -0.15) is 12.7 Å². The monoisotopic (exact) mass is 407 g/mol. The summed E-state index contributed by atoms with van der Waals surface area (Å²) in [4.78, 5) is 12.6. The topological polar surface area (TPSA) is 69.7 Å². The van der Waals surface area contributed by atoms with Crippen molar-refractivity contribution in [2.75, 3.05) is 24.9 Å². The Kier molecular flexibility index (Phi) is 6.79. The molecule has 0 heterocycles. The van der Waals surface area contributed by atoms with Gasteiger partial charge in [0, 0.05) is 14.1 Å². The maximum absolute atomic E-state index is 13.2. The van der Waals surface area contributed by atoms with E-state index in [0.29, 0.717) is 0 Å². The molecule has 0 spiro atoms. The first-order chi connectivity index (χ1) is 13.0. The van der Waals surface area contributed by atoms with Crippen LogP contribution in [-0.4, -0.2) is 39.3 Å². The molecule has 1 amide bonds. The van der Waals surface area contributed by atoms with E-state index in [-0.39, 0.29) is 11.7 Å². The third kappa shape index (κ3) is 5.08. The quantitative estimate of drug-likeness (QED) is 0.767. The Morgan fingerprint density at radius 1 is 1.07 bits per heavy atom. The predicted octanol–water partition coefficient (Wildman–Crippen LogP) is 2.93. The average Bonchev–Trinajstić information content (AvgIpc) is 2.62. The maximum Gasteiger partial charge on any atom is 0.304 e. The van der Waals surface area contributed by atoms with Crippen molar-refractivity contribution < 1.29 is 17.6 Å². The van der Waals surface area contributed by atoms with Crippen LogP contribution in [0.3, 0.4) is 0 Å². The molecule has 2 aromatic carbocycles. The second kappa shape index (κ2) is 8.70. The number of nitrogens with one attached hydrogen (secondary N) is 1. The summed E-state index contributed by atoms with van der Waals surface area (Å²) in [5.74, 6) is -0.945. The highest BCUT2D eigenvalue weighted by atomic mass is 32.2. The molecule has 2 aromatic rings. The lowest BCUT2D eigenvalue weighted by atomic mass is 10.0. The standard InChI is InChI=1S/C20H26FN3O3S/c1-14-6-7-17(12-15(14)2)16(3)22-20(25)13-24(28(26,27)23(4)5)19-10-8-18(21)9-11-19/h6-12,16H,13H2,1-5H3,(H,22,25). The number of benzene rings is 2. The summed E-state index contributed by atoms with van der Waals surface area (Å²) in [6.45, 7) is 5.42. The van der Waals surface area contributed by atoms with Crippen LogP contribution in [0.15, 0.2) is 42.5 Å². The van der Waals surface area contributed by atoms with Crippen molar-refractivity contribution in [3.63, 3.8) is 0 Å². The average molecular weight is 408 g/mol. The number of aryl methyl sites for hydroxylation is 2. The zero-order chi connectivity index (χ0) is 21.1. The van der Waals surface area contributed by atoms with Crippen molar-refractivity contribution in [1.82, 2.24) is 9.62 Å². The number of amides is 1. The number of hydrogen-bond donors (Lipinski definition) is 1. The van der Waals surface area contributed by atoms with Crippen molar-refractivity contribution in [1.29, 1.82) is 0 Å². The molecule has 0 aliphatic carbocycles. The Morgan fingerprint density at radius 3 is 2.21 bits per heavy atom. The van der Waals surface area contributed by atoms with Gasteiger partial charge in [-0.15, -0.1) is 0 Å². The Balaban J connectivity index is 2.22. The fourth-order valence-electron chi connectivity index (χ4n) is 2.65. The van der Waals surface area contributed by atoms with Gasteiger partial charge in [0.1, 0.15) is 12.4 Å². The molecule has 2 rings (SSSR count). The van der Waals surface area contributed by atoms with Gasteiger partial charge in [0.2, 0.25) is 5.91 Å². The normalized spacial score (nSPS) is 12.7. The third-order valence-electron chi connectivity index (χ3n) is 4.55. The van der Waals surface area contributed by atoms with Crippen LogP contribution in [0.5, 0.6) is 0 Å². The lowest BCUT2D eigenvalue weighted by molar-refractivity contribution is -0.120. The van der Waals surface area contributed by atoms with Gasteiger partial charge in [0.05, 0.1) is 11.7 Å². The number of hydrogen-bond acceptors (Lipinski definition) is 3.